The lowest BCUT2D eigenvalue weighted by Gasteiger charge is -2.36. The summed E-state index contributed by atoms with van der Waals surface area (Å²) in [5.41, 5.74) is -0.521. The second-order valence-corrected chi connectivity index (χ2v) is 7.40. The molecular weight excluding hydrogens is 302 g/mol. The molecule has 1 N–H and O–H groups in total. The highest BCUT2D eigenvalue weighted by Crippen LogP contribution is 2.32. The van der Waals surface area contributed by atoms with Crippen molar-refractivity contribution in [3.63, 3.8) is 0 Å². The molecule has 0 unspecified atom stereocenters. The highest BCUT2D eigenvalue weighted by molar-refractivity contribution is 9.11. The molecule has 0 atom stereocenters. The third-order valence-corrected chi connectivity index (χ3v) is 5.09. The summed E-state index contributed by atoms with van der Waals surface area (Å²) in [4.78, 5) is 14.8. The molecule has 0 amide bonds. The lowest BCUT2D eigenvalue weighted by atomic mass is 9.80. The van der Waals surface area contributed by atoms with Crippen molar-refractivity contribution < 1.29 is 9.90 Å². The van der Waals surface area contributed by atoms with Crippen LogP contribution in [0.1, 0.15) is 24.6 Å². The minimum atomic E-state index is -0.656. The first-order valence-corrected chi connectivity index (χ1v) is 7.30. The molecule has 0 bridgehead atoms. The topological polar surface area (TPSA) is 40.5 Å². The SMILES string of the molecule is CC1(C(=O)O)CCN(Cc2ccc(Br)s2)CC1. The molecule has 0 radical (unpaired) electrons. The van der Waals surface area contributed by atoms with Crippen LogP contribution in [0.25, 0.3) is 0 Å². The normalized spacial score (nSPS) is 20.4. The summed E-state index contributed by atoms with van der Waals surface area (Å²) in [6.45, 7) is 4.54. The van der Waals surface area contributed by atoms with Crippen molar-refractivity contribution in [3.8, 4) is 0 Å². The number of hydrogen-bond acceptors (Lipinski definition) is 3. The number of rotatable bonds is 3. The molecule has 1 aromatic rings. The molecule has 1 saturated heterocycles. The molecule has 2 rings (SSSR count). The molecule has 0 saturated carbocycles. The van der Waals surface area contributed by atoms with E-state index in [4.69, 9.17) is 5.11 Å². The first kappa shape index (κ1) is 13.1. The first-order valence-electron chi connectivity index (χ1n) is 5.69. The van der Waals surface area contributed by atoms with Gasteiger partial charge < -0.3 is 5.11 Å². The Morgan fingerprint density at radius 2 is 2.18 bits per heavy atom. The standard InChI is InChI=1S/C12H16BrNO2S/c1-12(11(15)16)4-6-14(7-5-12)8-9-2-3-10(13)17-9/h2-3H,4-8H2,1H3,(H,15,16). The third kappa shape index (κ3) is 3.09. The highest BCUT2D eigenvalue weighted by atomic mass is 79.9. The first-order chi connectivity index (χ1) is 7.99. The van der Waals surface area contributed by atoms with Crippen LogP contribution < -0.4 is 0 Å². The summed E-state index contributed by atoms with van der Waals surface area (Å²) in [6, 6.07) is 4.19. The van der Waals surface area contributed by atoms with Crippen LogP contribution in [0.4, 0.5) is 0 Å². The van der Waals surface area contributed by atoms with E-state index in [9.17, 15) is 4.79 Å². The van der Waals surface area contributed by atoms with Gasteiger partial charge >= 0.3 is 5.97 Å². The van der Waals surface area contributed by atoms with E-state index in [0.717, 1.165) is 36.3 Å². The van der Waals surface area contributed by atoms with E-state index in [2.05, 4.69) is 33.0 Å². The maximum atomic E-state index is 11.1. The Balaban J connectivity index is 1.89. The van der Waals surface area contributed by atoms with Crippen LogP contribution in [0.3, 0.4) is 0 Å². The van der Waals surface area contributed by atoms with Gasteiger partial charge in [0, 0.05) is 11.4 Å². The summed E-state index contributed by atoms with van der Waals surface area (Å²) in [5.74, 6) is -0.656. The fraction of sp³-hybridized carbons (Fsp3) is 0.583. The molecule has 0 spiro atoms. The summed E-state index contributed by atoms with van der Waals surface area (Å²) < 4.78 is 1.15. The van der Waals surface area contributed by atoms with Gasteiger partial charge in [0.2, 0.25) is 0 Å². The second-order valence-electron chi connectivity index (χ2n) is 4.85. The molecule has 1 aliphatic heterocycles. The van der Waals surface area contributed by atoms with Gasteiger partial charge in [0.15, 0.2) is 0 Å². The van der Waals surface area contributed by atoms with Crippen LogP contribution in [0, 0.1) is 5.41 Å². The number of carboxylic acids is 1. The Kier molecular flexibility index (Phi) is 3.90. The molecule has 94 valence electrons. The van der Waals surface area contributed by atoms with Crippen molar-refractivity contribution in [1.29, 1.82) is 0 Å². The quantitative estimate of drug-likeness (QED) is 0.930. The van der Waals surface area contributed by atoms with Gasteiger partial charge in [-0.1, -0.05) is 0 Å². The number of carboxylic acid groups (broad SMARTS) is 1. The number of piperidine rings is 1. The van der Waals surface area contributed by atoms with Gasteiger partial charge in [-0.05, 0) is 60.9 Å². The zero-order valence-electron chi connectivity index (χ0n) is 9.78. The zero-order chi connectivity index (χ0) is 12.5. The van der Waals surface area contributed by atoms with Crippen LogP contribution in [0.5, 0.6) is 0 Å². The Hall–Kier alpha value is -0.390. The van der Waals surface area contributed by atoms with Crippen molar-refractivity contribution in [2.24, 2.45) is 5.41 Å². The maximum absolute atomic E-state index is 11.1. The lowest BCUT2D eigenvalue weighted by molar-refractivity contribution is -0.150. The van der Waals surface area contributed by atoms with Gasteiger partial charge in [-0.15, -0.1) is 11.3 Å². The van der Waals surface area contributed by atoms with Crippen LogP contribution in [-0.4, -0.2) is 29.1 Å². The van der Waals surface area contributed by atoms with Crippen molar-refractivity contribution in [1.82, 2.24) is 4.90 Å². The molecule has 1 aliphatic rings. The molecule has 0 aromatic carbocycles. The van der Waals surface area contributed by atoms with E-state index in [1.165, 1.54) is 4.88 Å². The average Bonchev–Trinajstić information content (AvgIpc) is 2.67. The van der Waals surface area contributed by atoms with Crippen LogP contribution in [-0.2, 0) is 11.3 Å². The van der Waals surface area contributed by atoms with Gasteiger partial charge in [0.1, 0.15) is 0 Å². The van der Waals surface area contributed by atoms with Gasteiger partial charge in [-0.2, -0.15) is 0 Å². The zero-order valence-corrected chi connectivity index (χ0v) is 12.2. The summed E-state index contributed by atoms with van der Waals surface area (Å²) in [6.07, 6.45) is 1.49. The second kappa shape index (κ2) is 5.08. The number of likely N-dealkylation sites (tertiary alicyclic amines) is 1. The largest absolute Gasteiger partial charge is 0.481 e. The number of halogens is 1. The predicted octanol–water partition coefficient (Wildman–Crippen LogP) is 3.20. The summed E-state index contributed by atoms with van der Waals surface area (Å²) in [7, 11) is 0. The third-order valence-electron chi connectivity index (χ3n) is 3.48. The molecule has 0 aliphatic carbocycles. The van der Waals surface area contributed by atoms with E-state index in [0.29, 0.717) is 0 Å². The van der Waals surface area contributed by atoms with Crippen molar-refractivity contribution >= 4 is 33.2 Å². The number of nitrogens with zero attached hydrogens (tertiary/aromatic N) is 1. The van der Waals surface area contributed by atoms with Gasteiger partial charge in [0.25, 0.3) is 0 Å². The van der Waals surface area contributed by atoms with Gasteiger partial charge in [-0.3, -0.25) is 9.69 Å². The molecular formula is C12H16BrNO2S. The molecule has 1 aromatic heterocycles. The van der Waals surface area contributed by atoms with E-state index >= 15 is 0 Å². The Morgan fingerprint density at radius 1 is 1.53 bits per heavy atom. The Bertz CT molecular complexity index is 410. The molecule has 1 fully saturated rings. The smallest absolute Gasteiger partial charge is 0.309 e. The highest BCUT2D eigenvalue weighted by Gasteiger charge is 2.36. The predicted molar refractivity (Wildman–Crippen MR) is 72.3 cm³/mol. The van der Waals surface area contributed by atoms with Crippen LogP contribution in [0.2, 0.25) is 0 Å². The van der Waals surface area contributed by atoms with E-state index in [-0.39, 0.29) is 0 Å². The maximum Gasteiger partial charge on any atom is 0.309 e. The summed E-state index contributed by atoms with van der Waals surface area (Å²) >= 11 is 5.20. The van der Waals surface area contributed by atoms with Crippen molar-refractivity contribution in [3.05, 3.63) is 20.8 Å². The lowest BCUT2D eigenvalue weighted by Crippen LogP contribution is -2.42. The molecule has 2 heterocycles. The van der Waals surface area contributed by atoms with Gasteiger partial charge in [-0.25, -0.2) is 0 Å². The average molecular weight is 318 g/mol. The molecule has 5 heteroatoms. The van der Waals surface area contributed by atoms with Crippen molar-refractivity contribution in [2.45, 2.75) is 26.3 Å². The monoisotopic (exact) mass is 317 g/mol. The van der Waals surface area contributed by atoms with E-state index in [1.807, 2.05) is 6.92 Å². The summed E-state index contributed by atoms with van der Waals surface area (Å²) in [5, 5.41) is 9.15. The minimum absolute atomic E-state index is 0.521. The molecule has 3 nitrogen and oxygen atoms in total. The number of aliphatic carboxylic acids is 1. The Labute approximate surface area is 114 Å². The minimum Gasteiger partial charge on any atom is -0.481 e. The number of hydrogen-bond donors (Lipinski definition) is 1. The van der Waals surface area contributed by atoms with E-state index < -0.39 is 11.4 Å². The number of carbonyl (C=O) groups is 1. The Morgan fingerprint density at radius 3 is 2.65 bits per heavy atom. The van der Waals surface area contributed by atoms with E-state index in [1.54, 1.807) is 11.3 Å². The fourth-order valence-corrected chi connectivity index (χ4v) is 3.60. The molecule has 17 heavy (non-hydrogen) atoms. The van der Waals surface area contributed by atoms with Crippen LogP contribution >= 0.6 is 27.3 Å². The van der Waals surface area contributed by atoms with Crippen LogP contribution in [0.15, 0.2) is 15.9 Å². The van der Waals surface area contributed by atoms with Gasteiger partial charge in [0.05, 0.1) is 9.20 Å². The van der Waals surface area contributed by atoms with Crippen molar-refractivity contribution in [2.75, 3.05) is 13.1 Å². The number of thiophene rings is 1. The fourth-order valence-electron chi connectivity index (χ4n) is 2.08.